The van der Waals surface area contributed by atoms with Crippen molar-refractivity contribution >= 4 is 23.4 Å². The van der Waals surface area contributed by atoms with Crippen LogP contribution >= 0.6 is 11.3 Å². The van der Waals surface area contributed by atoms with Gasteiger partial charge in [0.1, 0.15) is 5.60 Å². The van der Waals surface area contributed by atoms with Gasteiger partial charge in [0.05, 0.1) is 0 Å². The Kier molecular flexibility index (Phi) is 5.56. The summed E-state index contributed by atoms with van der Waals surface area (Å²) < 4.78 is 5.31. The van der Waals surface area contributed by atoms with Crippen LogP contribution in [-0.4, -0.2) is 34.2 Å². The van der Waals surface area contributed by atoms with E-state index in [1.165, 1.54) is 16.2 Å². The van der Waals surface area contributed by atoms with Crippen LogP contribution in [0.2, 0.25) is 0 Å². The monoisotopic (exact) mass is 299 g/mol. The molecular formula is C14H21NO4S. The fourth-order valence-electron chi connectivity index (χ4n) is 1.77. The Labute approximate surface area is 123 Å². The van der Waals surface area contributed by atoms with Gasteiger partial charge in [-0.05, 0) is 49.6 Å². The lowest BCUT2D eigenvalue weighted by Gasteiger charge is -2.31. The molecule has 0 saturated carbocycles. The number of thiophene rings is 1. The van der Waals surface area contributed by atoms with Crippen molar-refractivity contribution in [1.82, 2.24) is 4.90 Å². The topological polar surface area (TPSA) is 66.8 Å². The van der Waals surface area contributed by atoms with E-state index in [9.17, 15) is 14.7 Å². The predicted octanol–water partition coefficient (Wildman–Crippen LogP) is 3.52. The molecule has 1 aromatic heterocycles. The maximum Gasteiger partial charge on any atom is 0.411 e. The maximum atomic E-state index is 12.2. The molecule has 0 spiro atoms. The maximum absolute atomic E-state index is 12.2. The molecule has 0 bridgehead atoms. The molecule has 6 heteroatoms. The Morgan fingerprint density at radius 1 is 1.45 bits per heavy atom. The fourth-order valence-corrected chi connectivity index (χ4v) is 2.45. The van der Waals surface area contributed by atoms with E-state index in [0.29, 0.717) is 18.5 Å². The lowest BCUT2D eigenvalue weighted by molar-refractivity contribution is -0.143. The van der Waals surface area contributed by atoms with Crippen LogP contribution in [0.25, 0.3) is 0 Å². The lowest BCUT2D eigenvalue weighted by atomic mass is 10.1. The molecule has 20 heavy (non-hydrogen) atoms. The SMILES string of the molecule is CCCN(C(=O)OC(C)(C)C)C(C(=O)O)c1ccsc1. The molecular weight excluding hydrogens is 278 g/mol. The van der Waals surface area contributed by atoms with Gasteiger partial charge in [-0.25, -0.2) is 9.59 Å². The zero-order valence-electron chi connectivity index (χ0n) is 12.3. The molecule has 0 aliphatic carbocycles. The van der Waals surface area contributed by atoms with Crippen molar-refractivity contribution in [3.8, 4) is 0 Å². The highest BCUT2D eigenvalue weighted by atomic mass is 32.1. The van der Waals surface area contributed by atoms with Crippen molar-refractivity contribution in [1.29, 1.82) is 0 Å². The number of hydrogen-bond acceptors (Lipinski definition) is 4. The number of carbonyl (C=O) groups is 2. The van der Waals surface area contributed by atoms with Gasteiger partial charge in [-0.1, -0.05) is 6.92 Å². The van der Waals surface area contributed by atoms with Crippen LogP contribution in [0.4, 0.5) is 4.79 Å². The van der Waals surface area contributed by atoms with Crippen molar-refractivity contribution < 1.29 is 19.4 Å². The van der Waals surface area contributed by atoms with Gasteiger partial charge < -0.3 is 9.84 Å². The summed E-state index contributed by atoms with van der Waals surface area (Å²) >= 11 is 1.40. The van der Waals surface area contributed by atoms with Crippen molar-refractivity contribution in [3.05, 3.63) is 22.4 Å². The molecule has 0 aromatic carbocycles. The molecule has 1 aromatic rings. The Morgan fingerprint density at radius 3 is 2.50 bits per heavy atom. The number of carboxylic acids is 1. The second-order valence-electron chi connectivity index (χ2n) is 5.47. The number of nitrogens with zero attached hydrogens (tertiary/aromatic N) is 1. The first-order valence-electron chi connectivity index (χ1n) is 6.50. The van der Waals surface area contributed by atoms with E-state index < -0.39 is 23.7 Å². The summed E-state index contributed by atoms with van der Waals surface area (Å²) in [7, 11) is 0. The van der Waals surface area contributed by atoms with Crippen molar-refractivity contribution in [2.45, 2.75) is 45.8 Å². The van der Waals surface area contributed by atoms with E-state index in [4.69, 9.17) is 4.74 Å². The van der Waals surface area contributed by atoms with Gasteiger partial charge in [-0.3, -0.25) is 4.90 Å². The molecule has 5 nitrogen and oxygen atoms in total. The van der Waals surface area contributed by atoms with Gasteiger partial charge in [0, 0.05) is 6.54 Å². The Morgan fingerprint density at radius 2 is 2.10 bits per heavy atom. The summed E-state index contributed by atoms with van der Waals surface area (Å²) in [6.07, 6.45) is 0.0608. The van der Waals surface area contributed by atoms with Gasteiger partial charge in [0.15, 0.2) is 6.04 Å². The summed E-state index contributed by atoms with van der Waals surface area (Å²) in [6.45, 7) is 7.51. The average molecular weight is 299 g/mol. The summed E-state index contributed by atoms with van der Waals surface area (Å²) in [6, 6.07) is 0.715. The highest BCUT2D eigenvalue weighted by Gasteiger charge is 2.33. The highest BCUT2D eigenvalue weighted by Crippen LogP contribution is 2.25. The molecule has 1 atom stereocenters. The number of rotatable bonds is 5. The summed E-state index contributed by atoms with van der Waals surface area (Å²) in [5.74, 6) is -1.05. The van der Waals surface area contributed by atoms with E-state index >= 15 is 0 Å². The quantitative estimate of drug-likeness (QED) is 0.903. The van der Waals surface area contributed by atoms with Crippen molar-refractivity contribution in [3.63, 3.8) is 0 Å². The van der Waals surface area contributed by atoms with Crippen LogP contribution < -0.4 is 0 Å². The minimum Gasteiger partial charge on any atom is -0.479 e. The smallest absolute Gasteiger partial charge is 0.411 e. The van der Waals surface area contributed by atoms with Gasteiger partial charge in [0.2, 0.25) is 0 Å². The Balaban J connectivity index is 3.03. The minimum absolute atomic E-state index is 0.335. The van der Waals surface area contributed by atoms with E-state index in [-0.39, 0.29) is 0 Å². The molecule has 0 fully saturated rings. The lowest BCUT2D eigenvalue weighted by Crippen LogP contribution is -2.42. The third kappa shape index (κ3) is 4.52. The van der Waals surface area contributed by atoms with E-state index in [2.05, 4.69) is 0 Å². The first-order valence-corrected chi connectivity index (χ1v) is 7.45. The number of amides is 1. The molecule has 112 valence electrons. The largest absolute Gasteiger partial charge is 0.479 e. The number of carbonyl (C=O) groups excluding carboxylic acids is 1. The average Bonchev–Trinajstić information content (AvgIpc) is 2.79. The number of aliphatic carboxylic acids is 1. The van der Waals surface area contributed by atoms with Crippen LogP contribution in [0.15, 0.2) is 16.8 Å². The molecule has 1 amide bonds. The molecule has 1 rings (SSSR count). The van der Waals surface area contributed by atoms with Crippen LogP contribution in [-0.2, 0) is 9.53 Å². The van der Waals surface area contributed by atoms with Gasteiger partial charge in [-0.2, -0.15) is 11.3 Å². The van der Waals surface area contributed by atoms with Gasteiger partial charge in [-0.15, -0.1) is 0 Å². The summed E-state index contributed by atoms with van der Waals surface area (Å²) in [5.41, 5.74) is -0.0531. The van der Waals surface area contributed by atoms with Crippen LogP contribution in [0.5, 0.6) is 0 Å². The summed E-state index contributed by atoms with van der Waals surface area (Å²) in [4.78, 5) is 25.0. The second-order valence-corrected chi connectivity index (χ2v) is 6.25. The molecule has 0 aliphatic heterocycles. The predicted molar refractivity (Wildman–Crippen MR) is 77.9 cm³/mol. The molecule has 0 saturated heterocycles. The van der Waals surface area contributed by atoms with Gasteiger partial charge in [0.25, 0.3) is 0 Å². The third-order valence-corrected chi connectivity index (χ3v) is 3.20. The van der Waals surface area contributed by atoms with Crippen LogP contribution in [0.1, 0.15) is 45.7 Å². The standard InChI is InChI=1S/C14H21NO4S/c1-5-7-15(13(18)19-14(2,3)4)11(12(16)17)10-6-8-20-9-10/h6,8-9,11H,5,7H2,1-4H3,(H,16,17). The van der Waals surface area contributed by atoms with Gasteiger partial charge >= 0.3 is 12.1 Å². The molecule has 0 radical (unpaired) electrons. The molecule has 1 N–H and O–H groups in total. The normalized spacial score (nSPS) is 12.8. The Bertz CT molecular complexity index is 450. The minimum atomic E-state index is -1.05. The first kappa shape index (κ1) is 16.5. The number of ether oxygens (including phenoxy) is 1. The van der Waals surface area contributed by atoms with E-state index in [0.717, 1.165) is 0 Å². The molecule has 1 heterocycles. The van der Waals surface area contributed by atoms with Crippen molar-refractivity contribution in [2.24, 2.45) is 0 Å². The first-order chi connectivity index (χ1) is 9.26. The zero-order valence-corrected chi connectivity index (χ0v) is 13.1. The summed E-state index contributed by atoms with van der Waals surface area (Å²) in [5, 5.41) is 13.0. The van der Waals surface area contributed by atoms with Crippen LogP contribution in [0, 0.1) is 0 Å². The van der Waals surface area contributed by atoms with Crippen LogP contribution in [0.3, 0.4) is 0 Å². The molecule has 1 unspecified atom stereocenters. The van der Waals surface area contributed by atoms with E-state index in [1.807, 2.05) is 6.92 Å². The number of hydrogen-bond donors (Lipinski definition) is 1. The third-order valence-electron chi connectivity index (χ3n) is 2.50. The van der Waals surface area contributed by atoms with Crippen molar-refractivity contribution in [2.75, 3.05) is 6.54 Å². The number of carboxylic acid groups (broad SMARTS) is 1. The Hall–Kier alpha value is -1.56. The molecule has 0 aliphatic rings. The zero-order chi connectivity index (χ0) is 15.3. The second kappa shape index (κ2) is 6.74. The van der Waals surface area contributed by atoms with E-state index in [1.54, 1.807) is 37.6 Å². The highest BCUT2D eigenvalue weighted by molar-refractivity contribution is 7.08. The fraction of sp³-hybridized carbons (Fsp3) is 0.571.